The number of carboxylic acid groups (broad SMARTS) is 1. The Hall–Kier alpha value is -3.03. The van der Waals surface area contributed by atoms with Crippen LogP contribution in [0.5, 0.6) is 0 Å². The number of carbonyl (C=O) groups is 4. The second-order valence-electron chi connectivity index (χ2n) is 8.06. The van der Waals surface area contributed by atoms with E-state index in [9.17, 15) is 24.3 Å². The second-order valence-corrected chi connectivity index (χ2v) is 9.41. The number of aromatic nitrogens is 2. The van der Waals surface area contributed by atoms with E-state index in [2.05, 4.69) is 38.5 Å². The van der Waals surface area contributed by atoms with Crippen LogP contribution in [-0.2, 0) is 32.0 Å². The minimum Gasteiger partial charge on any atom is -0.480 e. The highest BCUT2D eigenvalue weighted by Crippen LogP contribution is 2.06. The standard InChI is InChI=1S/C23H32N6O5S2/c1-36-8-7-17(23(33)34)27-21(31)18(10-15-11-25-13-26-15)28-22(32)19(12-35)29-20(30)16(24)9-14-5-3-2-4-6-14/h2-6,11,13,16-19,35H,7-10,12,24H2,1H3,(H,25,26)(H,27,31)(H,28,32)(H,29,30)(H,33,34). The van der Waals surface area contributed by atoms with E-state index in [0.717, 1.165) is 5.56 Å². The summed E-state index contributed by atoms with van der Waals surface area (Å²) in [5.74, 6) is -2.54. The fourth-order valence-corrected chi connectivity index (χ4v) is 4.03. The molecule has 7 N–H and O–H groups in total. The van der Waals surface area contributed by atoms with Crippen LogP contribution in [0.4, 0.5) is 0 Å². The third-order valence-electron chi connectivity index (χ3n) is 5.29. The highest BCUT2D eigenvalue weighted by molar-refractivity contribution is 7.98. The molecule has 0 fully saturated rings. The second kappa shape index (κ2) is 15.2. The molecular weight excluding hydrogens is 504 g/mol. The van der Waals surface area contributed by atoms with Crippen molar-refractivity contribution in [3.63, 3.8) is 0 Å². The fraction of sp³-hybridized carbons (Fsp3) is 0.435. The van der Waals surface area contributed by atoms with Crippen LogP contribution in [0.25, 0.3) is 0 Å². The zero-order valence-electron chi connectivity index (χ0n) is 19.8. The van der Waals surface area contributed by atoms with E-state index >= 15 is 0 Å². The molecule has 0 aliphatic rings. The number of thiol groups is 1. The number of carbonyl (C=O) groups excluding carboxylic acids is 3. The van der Waals surface area contributed by atoms with Gasteiger partial charge in [0.1, 0.15) is 18.1 Å². The normalized spacial score (nSPS) is 14.2. The maximum absolute atomic E-state index is 13.0. The number of amides is 3. The molecule has 1 aromatic heterocycles. The molecule has 3 amide bonds. The molecule has 1 heterocycles. The number of imidazole rings is 1. The van der Waals surface area contributed by atoms with Crippen LogP contribution in [-0.4, -0.2) is 80.7 Å². The number of rotatable bonds is 15. The van der Waals surface area contributed by atoms with E-state index in [1.165, 1.54) is 24.3 Å². The number of thioether (sulfide) groups is 1. The highest BCUT2D eigenvalue weighted by Gasteiger charge is 2.30. The van der Waals surface area contributed by atoms with Crippen molar-refractivity contribution >= 4 is 48.1 Å². The average molecular weight is 537 g/mol. The number of nitrogens with two attached hydrogens (primary N) is 1. The Labute approximate surface area is 219 Å². The minimum atomic E-state index is -1.17. The van der Waals surface area contributed by atoms with Crippen molar-refractivity contribution in [3.8, 4) is 0 Å². The molecule has 2 rings (SSSR count). The summed E-state index contributed by atoms with van der Waals surface area (Å²) in [5.41, 5.74) is 7.45. The SMILES string of the molecule is CSCCC(NC(=O)C(Cc1cnc[nH]1)NC(=O)C(CS)NC(=O)C(N)Cc1ccccc1)C(=O)O. The van der Waals surface area contributed by atoms with Crippen molar-refractivity contribution < 1.29 is 24.3 Å². The van der Waals surface area contributed by atoms with Gasteiger partial charge in [-0.05, 0) is 30.4 Å². The summed E-state index contributed by atoms with van der Waals surface area (Å²) in [5, 5.41) is 17.1. The molecule has 0 spiro atoms. The topological polar surface area (TPSA) is 179 Å². The summed E-state index contributed by atoms with van der Waals surface area (Å²) in [4.78, 5) is 56.9. The van der Waals surface area contributed by atoms with Crippen molar-refractivity contribution in [2.24, 2.45) is 5.73 Å². The van der Waals surface area contributed by atoms with Crippen molar-refractivity contribution in [1.82, 2.24) is 25.9 Å². The molecule has 0 aliphatic heterocycles. The van der Waals surface area contributed by atoms with Crippen molar-refractivity contribution in [3.05, 3.63) is 54.1 Å². The van der Waals surface area contributed by atoms with Gasteiger partial charge in [-0.3, -0.25) is 14.4 Å². The summed E-state index contributed by atoms with van der Waals surface area (Å²) in [6.45, 7) is 0. The molecule has 0 bridgehead atoms. The number of benzene rings is 1. The lowest BCUT2D eigenvalue weighted by Gasteiger charge is -2.24. The van der Waals surface area contributed by atoms with E-state index in [1.807, 2.05) is 36.6 Å². The maximum atomic E-state index is 13.0. The number of H-pyrrole nitrogens is 1. The summed E-state index contributed by atoms with van der Waals surface area (Å²) in [6, 6.07) is 5.04. The van der Waals surface area contributed by atoms with Crippen molar-refractivity contribution in [1.29, 1.82) is 0 Å². The van der Waals surface area contributed by atoms with Crippen LogP contribution >= 0.6 is 24.4 Å². The van der Waals surface area contributed by atoms with Crippen LogP contribution in [0, 0.1) is 0 Å². The van der Waals surface area contributed by atoms with Gasteiger partial charge in [0.25, 0.3) is 0 Å². The van der Waals surface area contributed by atoms with Crippen LogP contribution in [0.2, 0.25) is 0 Å². The molecule has 0 saturated heterocycles. The Balaban J connectivity index is 2.07. The van der Waals surface area contributed by atoms with E-state index in [0.29, 0.717) is 11.4 Å². The van der Waals surface area contributed by atoms with Gasteiger partial charge in [0, 0.05) is 24.1 Å². The van der Waals surface area contributed by atoms with E-state index in [1.54, 1.807) is 0 Å². The summed E-state index contributed by atoms with van der Waals surface area (Å²) >= 11 is 5.62. The van der Waals surface area contributed by atoms with Gasteiger partial charge >= 0.3 is 5.97 Å². The summed E-state index contributed by atoms with van der Waals surface area (Å²) < 4.78 is 0. The van der Waals surface area contributed by atoms with Gasteiger partial charge in [0.05, 0.1) is 12.4 Å². The molecule has 0 aliphatic carbocycles. The maximum Gasteiger partial charge on any atom is 0.326 e. The first-order valence-electron chi connectivity index (χ1n) is 11.3. The van der Waals surface area contributed by atoms with E-state index in [-0.39, 0.29) is 25.0 Å². The lowest BCUT2D eigenvalue weighted by Crippen LogP contribution is -2.58. The van der Waals surface area contributed by atoms with Gasteiger partial charge in [0.2, 0.25) is 17.7 Å². The summed E-state index contributed by atoms with van der Waals surface area (Å²) in [6.07, 6.45) is 5.30. The highest BCUT2D eigenvalue weighted by atomic mass is 32.2. The minimum absolute atomic E-state index is 0.0349. The Kier molecular flexibility index (Phi) is 12.3. The number of nitrogens with zero attached hydrogens (tertiary/aromatic N) is 1. The predicted octanol–water partition coefficient (Wildman–Crippen LogP) is -0.256. The van der Waals surface area contributed by atoms with Gasteiger partial charge in [-0.2, -0.15) is 24.4 Å². The molecule has 13 heteroatoms. The molecule has 4 atom stereocenters. The molecule has 0 radical (unpaired) electrons. The smallest absolute Gasteiger partial charge is 0.326 e. The number of hydrogen-bond donors (Lipinski definition) is 7. The number of carboxylic acids is 1. The third-order valence-corrected chi connectivity index (χ3v) is 6.30. The average Bonchev–Trinajstić information content (AvgIpc) is 3.37. The molecule has 196 valence electrons. The summed E-state index contributed by atoms with van der Waals surface area (Å²) in [7, 11) is 0. The van der Waals surface area contributed by atoms with Gasteiger partial charge in [-0.15, -0.1) is 0 Å². The Bertz CT molecular complexity index is 992. The molecule has 36 heavy (non-hydrogen) atoms. The van der Waals surface area contributed by atoms with Gasteiger partial charge < -0.3 is 31.8 Å². The molecule has 1 aromatic carbocycles. The largest absolute Gasteiger partial charge is 0.480 e. The quantitative estimate of drug-likeness (QED) is 0.152. The van der Waals surface area contributed by atoms with Crippen LogP contribution in [0.1, 0.15) is 17.7 Å². The molecule has 0 saturated carbocycles. The van der Waals surface area contributed by atoms with E-state index < -0.39 is 47.9 Å². The first kappa shape index (κ1) is 29.2. The van der Waals surface area contributed by atoms with Gasteiger partial charge in [-0.25, -0.2) is 9.78 Å². The predicted molar refractivity (Wildman–Crippen MR) is 141 cm³/mol. The number of aliphatic carboxylic acids is 1. The molecule has 4 unspecified atom stereocenters. The zero-order valence-corrected chi connectivity index (χ0v) is 21.6. The Morgan fingerprint density at radius 2 is 1.67 bits per heavy atom. The fourth-order valence-electron chi connectivity index (χ4n) is 3.30. The van der Waals surface area contributed by atoms with Crippen LogP contribution in [0.3, 0.4) is 0 Å². The number of aromatic amines is 1. The lowest BCUT2D eigenvalue weighted by atomic mass is 10.1. The lowest BCUT2D eigenvalue weighted by molar-refractivity contribution is -0.142. The Morgan fingerprint density at radius 3 is 2.25 bits per heavy atom. The molecular formula is C23H32N6O5S2. The first-order chi connectivity index (χ1) is 17.2. The van der Waals surface area contributed by atoms with Crippen molar-refractivity contribution in [2.45, 2.75) is 43.4 Å². The van der Waals surface area contributed by atoms with Gasteiger partial charge in [0.15, 0.2) is 0 Å². The first-order valence-corrected chi connectivity index (χ1v) is 13.3. The molecule has 11 nitrogen and oxygen atoms in total. The third kappa shape index (κ3) is 9.55. The molecule has 2 aromatic rings. The van der Waals surface area contributed by atoms with Crippen molar-refractivity contribution in [2.75, 3.05) is 17.8 Å². The monoisotopic (exact) mass is 536 g/mol. The number of nitrogens with one attached hydrogen (secondary N) is 4. The number of hydrogen-bond acceptors (Lipinski definition) is 8. The van der Waals surface area contributed by atoms with E-state index in [4.69, 9.17) is 5.73 Å². The van der Waals surface area contributed by atoms with Crippen LogP contribution in [0.15, 0.2) is 42.9 Å². The zero-order chi connectivity index (χ0) is 26.5. The Morgan fingerprint density at radius 1 is 1.03 bits per heavy atom. The van der Waals surface area contributed by atoms with Crippen LogP contribution < -0.4 is 21.7 Å². The van der Waals surface area contributed by atoms with Gasteiger partial charge in [-0.1, -0.05) is 30.3 Å².